The van der Waals surface area contributed by atoms with Gasteiger partial charge in [0.15, 0.2) is 0 Å². The van der Waals surface area contributed by atoms with Crippen LogP contribution in [-0.4, -0.2) is 18.3 Å². The molecule has 0 aromatic rings. The number of hydrogen-bond acceptors (Lipinski definition) is 2. The highest BCUT2D eigenvalue weighted by molar-refractivity contribution is 6.55. The number of rotatable bonds is 1. The fourth-order valence-corrected chi connectivity index (χ4v) is 3.72. The van der Waals surface area contributed by atoms with Crippen molar-refractivity contribution in [2.24, 2.45) is 17.3 Å². The van der Waals surface area contributed by atoms with Crippen LogP contribution in [0, 0.1) is 17.3 Å². The molecule has 100 valence electrons. The Hall–Kier alpha value is -0.275. The van der Waals surface area contributed by atoms with Crippen molar-refractivity contribution in [3.05, 3.63) is 11.5 Å². The summed E-state index contributed by atoms with van der Waals surface area (Å²) in [7, 11) is -0.121. The molecule has 1 heterocycles. The molecule has 0 spiro atoms. The standard InChI is InChI=1S/C15H25BO2/c1-13(2)10-8-7-9-11(12(10)13)16-17-14(3,4)15(5,6)18-16/h9-10,12H,7-8H2,1-6H3. The second-order valence-electron chi connectivity index (χ2n) is 7.78. The minimum absolute atomic E-state index is 0.121. The SMILES string of the molecule is CC1(C)C2CCC=C(B3OC(C)(C)C(C)(C)O3)C21. The van der Waals surface area contributed by atoms with Crippen LogP contribution in [0.15, 0.2) is 11.5 Å². The summed E-state index contributed by atoms with van der Waals surface area (Å²) in [6.07, 6.45) is 4.89. The van der Waals surface area contributed by atoms with Crippen molar-refractivity contribution < 1.29 is 9.31 Å². The monoisotopic (exact) mass is 248 g/mol. The maximum Gasteiger partial charge on any atom is 0.490 e. The molecule has 1 saturated carbocycles. The van der Waals surface area contributed by atoms with Crippen LogP contribution in [0.2, 0.25) is 0 Å². The molecule has 2 fully saturated rings. The highest BCUT2D eigenvalue weighted by atomic mass is 16.7. The predicted octanol–water partition coefficient (Wildman–Crippen LogP) is 3.61. The van der Waals surface area contributed by atoms with E-state index >= 15 is 0 Å². The zero-order chi connectivity index (χ0) is 13.3. The Morgan fingerprint density at radius 3 is 2.17 bits per heavy atom. The fourth-order valence-electron chi connectivity index (χ4n) is 3.72. The van der Waals surface area contributed by atoms with Gasteiger partial charge in [0, 0.05) is 0 Å². The smallest absolute Gasteiger partial charge is 0.400 e. The third kappa shape index (κ3) is 1.56. The van der Waals surface area contributed by atoms with Gasteiger partial charge in [0.1, 0.15) is 0 Å². The summed E-state index contributed by atoms with van der Waals surface area (Å²) >= 11 is 0. The van der Waals surface area contributed by atoms with Crippen LogP contribution >= 0.6 is 0 Å². The quantitative estimate of drug-likeness (QED) is 0.660. The normalized spacial score (nSPS) is 39.2. The maximum absolute atomic E-state index is 6.20. The van der Waals surface area contributed by atoms with E-state index in [9.17, 15) is 0 Å². The van der Waals surface area contributed by atoms with Crippen LogP contribution in [0.5, 0.6) is 0 Å². The van der Waals surface area contributed by atoms with Crippen LogP contribution in [0.1, 0.15) is 54.4 Å². The molecule has 2 aliphatic carbocycles. The lowest BCUT2D eigenvalue weighted by Crippen LogP contribution is -2.41. The molecule has 1 saturated heterocycles. The van der Waals surface area contributed by atoms with Crippen molar-refractivity contribution in [2.45, 2.75) is 65.6 Å². The summed E-state index contributed by atoms with van der Waals surface area (Å²) in [5, 5.41) is 0. The highest BCUT2D eigenvalue weighted by Crippen LogP contribution is 2.66. The van der Waals surface area contributed by atoms with E-state index in [0.717, 1.165) is 5.92 Å². The van der Waals surface area contributed by atoms with Crippen molar-refractivity contribution in [1.29, 1.82) is 0 Å². The predicted molar refractivity (Wildman–Crippen MR) is 74.2 cm³/mol. The van der Waals surface area contributed by atoms with E-state index in [-0.39, 0.29) is 18.3 Å². The first-order valence-electron chi connectivity index (χ1n) is 7.22. The van der Waals surface area contributed by atoms with Crippen molar-refractivity contribution in [1.82, 2.24) is 0 Å². The molecule has 2 unspecified atom stereocenters. The number of hydrogen-bond donors (Lipinski definition) is 0. The molecule has 1 aliphatic heterocycles. The molecular weight excluding hydrogens is 223 g/mol. The molecule has 0 aromatic heterocycles. The van der Waals surface area contributed by atoms with E-state index < -0.39 is 0 Å². The second-order valence-corrected chi connectivity index (χ2v) is 7.78. The third-order valence-electron chi connectivity index (χ3n) is 5.79. The summed E-state index contributed by atoms with van der Waals surface area (Å²) < 4.78 is 12.4. The van der Waals surface area contributed by atoms with Crippen LogP contribution in [0.4, 0.5) is 0 Å². The minimum atomic E-state index is -0.218. The third-order valence-corrected chi connectivity index (χ3v) is 5.79. The summed E-state index contributed by atoms with van der Waals surface area (Å²) in [6, 6.07) is 0. The Kier molecular flexibility index (Phi) is 2.43. The topological polar surface area (TPSA) is 18.5 Å². The molecular formula is C15H25BO2. The van der Waals surface area contributed by atoms with E-state index in [2.05, 4.69) is 47.6 Å². The molecule has 18 heavy (non-hydrogen) atoms. The molecule has 3 heteroatoms. The lowest BCUT2D eigenvalue weighted by Gasteiger charge is -2.32. The number of fused-ring (bicyclic) bond motifs is 1. The van der Waals surface area contributed by atoms with Crippen molar-refractivity contribution >= 4 is 7.12 Å². The van der Waals surface area contributed by atoms with Crippen LogP contribution < -0.4 is 0 Å². The van der Waals surface area contributed by atoms with Crippen molar-refractivity contribution in [2.75, 3.05) is 0 Å². The molecule has 2 nitrogen and oxygen atoms in total. The first kappa shape index (κ1) is 12.7. The van der Waals surface area contributed by atoms with Gasteiger partial charge in [-0.1, -0.05) is 19.9 Å². The van der Waals surface area contributed by atoms with Gasteiger partial charge in [-0.25, -0.2) is 0 Å². The summed E-state index contributed by atoms with van der Waals surface area (Å²) in [5.41, 5.74) is 1.43. The molecule has 3 aliphatic rings. The van der Waals surface area contributed by atoms with Crippen molar-refractivity contribution in [3.63, 3.8) is 0 Å². The molecule has 3 rings (SSSR count). The lowest BCUT2D eigenvalue weighted by molar-refractivity contribution is 0.00578. The first-order valence-corrected chi connectivity index (χ1v) is 7.22. The van der Waals surface area contributed by atoms with Crippen LogP contribution in [0.25, 0.3) is 0 Å². The zero-order valence-corrected chi connectivity index (χ0v) is 12.5. The maximum atomic E-state index is 6.20. The summed E-state index contributed by atoms with van der Waals surface area (Å²) in [5.74, 6) is 1.53. The van der Waals surface area contributed by atoms with E-state index in [4.69, 9.17) is 9.31 Å². The van der Waals surface area contributed by atoms with Crippen LogP contribution in [-0.2, 0) is 9.31 Å². The van der Waals surface area contributed by atoms with Gasteiger partial charge in [0.2, 0.25) is 0 Å². The Morgan fingerprint density at radius 1 is 1.06 bits per heavy atom. The molecule has 2 atom stereocenters. The molecule has 0 bridgehead atoms. The Morgan fingerprint density at radius 2 is 1.61 bits per heavy atom. The van der Waals surface area contributed by atoms with Crippen LogP contribution in [0.3, 0.4) is 0 Å². The first-order chi connectivity index (χ1) is 8.17. The largest absolute Gasteiger partial charge is 0.490 e. The van der Waals surface area contributed by atoms with Gasteiger partial charge in [-0.05, 0) is 63.3 Å². The number of allylic oxidation sites excluding steroid dienone is 2. The van der Waals surface area contributed by atoms with Gasteiger partial charge in [-0.2, -0.15) is 0 Å². The van der Waals surface area contributed by atoms with Gasteiger partial charge in [0.05, 0.1) is 11.2 Å². The molecule has 0 radical (unpaired) electrons. The lowest BCUT2D eigenvalue weighted by atomic mass is 9.71. The summed E-state index contributed by atoms with van der Waals surface area (Å²) in [6.45, 7) is 13.3. The van der Waals surface area contributed by atoms with Gasteiger partial charge in [-0.15, -0.1) is 0 Å². The van der Waals surface area contributed by atoms with E-state index in [1.807, 2.05) is 0 Å². The van der Waals surface area contributed by atoms with E-state index in [1.165, 1.54) is 18.3 Å². The Balaban J connectivity index is 1.84. The molecule has 0 N–H and O–H groups in total. The minimum Gasteiger partial charge on any atom is -0.400 e. The van der Waals surface area contributed by atoms with Gasteiger partial charge < -0.3 is 9.31 Å². The second kappa shape index (κ2) is 3.43. The highest BCUT2D eigenvalue weighted by Gasteiger charge is 2.64. The van der Waals surface area contributed by atoms with E-state index in [0.29, 0.717) is 11.3 Å². The van der Waals surface area contributed by atoms with Gasteiger partial charge in [-0.3, -0.25) is 0 Å². The van der Waals surface area contributed by atoms with Gasteiger partial charge in [0.25, 0.3) is 0 Å². The summed E-state index contributed by atoms with van der Waals surface area (Å²) in [4.78, 5) is 0. The Bertz CT molecular complexity index is 393. The van der Waals surface area contributed by atoms with Gasteiger partial charge >= 0.3 is 7.12 Å². The average Bonchev–Trinajstić information content (AvgIpc) is 2.71. The fraction of sp³-hybridized carbons (Fsp3) is 0.867. The van der Waals surface area contributed by atoms with E-state index in [1.54, 1.807) is 0 Å². The molecule has 0 aromatic carbocycles. The molecule has 0 amide bonds. The van der Waals surface area contributed by atoms with Crippen molar-refractivity contribution in [3.8, 4) is 0 Å². The average molecular weight is 248 g/mol. The zero-order valence-electron chi connectivity index (χ0n) is 12.5. The Labute approximate surface area is 111 Å².